The van der Waals surface area contributed by atoms with Gasteiger partial charge in [-0.1, -0.05) is 6.07 Å². The van der Waals surface area contributed by atoms with Crippen molar-refractivity contribution >= 4 is 5.91 Å². The van der Waals surface area contributed by atoms with Crippen molar-refractivity contribution in [1.82, 2.24) is 14.8 Å². The number of nitrogens with zero attached hydrogens (tertiary/aromatic N) is 3. The highest BCUT2D eigenvalue weighted by atomic mass is 19.4. The average molecular weight is 367 g/mol. The van der Waals surface area contributed by atoms with E-state index in [0.29, 0.717) is 36.7 Å². The van der Waals surface area contributed by atoms with Crippen LogP contribution >= 0.6 is 0 Å². The number of piperazine rings is 1. The molecule has 1 saturated heterocycles. The third kappa shape index (κ3) is 4.07. The molecule has 0 bridgehead atoms. The number of amides is 1. The Morgan fingerprint density at radius 1 is 1.23 bits per heavy atom. The van der Waals surface area contributed by atoms with Crippen LogP contribution in [0.2, 0.25) is 0 Å². The van der Waals surface area contributed by atoms with Gasteiger partial charge in [-0.15, -0.1) is 0 Å². The molecule has 1 aliphatic heterocycles. The van der Waals surface area contributed by atoms with Gasteiger partial charge in [0.15, 0.2) is 0 Å². The van der Waals surface area contributed by atoms with Crippen molar-refractivity contribution in [3.63, 3.8) is 0 Å². The van der Waals surface area contributed by atoms with Crippen molar-refractivity contribution in [3.8, 4) is 11.5 Å². The van der Waals surface area contributed by atoms with Gasteiger partial charge in [0.2, 0.25) is 11.8 Å². The van der Waals surface area contributed by atoms with Crippen molar-refractivity contribution in [2.24, 2.45) is 0 Å². The summed E-state index contributed by atoms with van der Waals surface area (Å²) >= 11 is 0. The molecule has 0 unspecified atom stereocenters. The fourth-order valence-corrected chi connectivity index (χ4v) is 2.96. The van der Waals surface area contributed by atoms with E-state index in [4.69, 9.17) is 4.42 Å². The molecule has 140 valence electrons. The monoisotopic (exact) mass is 367 g/mol. The lowest BCUT2D eigenvalue weighted by Gasteiger charge is -2.33. The maximum Gasteiger partial charge on any atom is 0.416 e. The number of aromatic nitrogens is 1. The molecule has 0 saturated carbocycles. The highest BCUT2D eigenvalue weighted by Gasteiger charge is 2.31. The van der Waals surface area contributed by atoms with Crippen LogP contribution in [0.4, 0.5) is 13.2 Å². The van der Waals surface area contributed by atoms with Crippen LogP contribution in [0.1, 0.15) is 23.9 Å². The molecule has 1 fully saturated rings. The second-order valence-corrected chi connectivity index (χ2v) is 6.38. The minimum atomic E-state index is -4.41. The molecule has 2 heterocycles. The molecule has 5 nitrogen and oxygen atoms in total. The van der Waals surface area contributed by atoms with Crippen molar-refractivity contribution < 1.29 is 22.4 Å². The molecule has 0 radical (unpaired) electrons. The van der Waals surface area contributed by atoms with Gasteiger partial charge in [0.05, 0.1) is 11.3 Å². The van der Waals surface area contributed by atoms with Crippen LogP contribution in [0.25, 0.3) is 11.5 Å². The van der Waals surface area contributed by atoms with Gasteiger partial charge in [-0.2, -0.15) is 13.2 Å². The molecule has 1 aromatic heterocycles. The normalized spacial score (nSPS) is 16.1. The molecule has 3 rings (SSSR count). The number of carbonyl (C=O) groups is 1. The van der Waals surface area contributed by atoms with E-state index < -0.39 is 11.7 Å². The first kappa shape index (κ1) is 18.4. The quantitative estimate of drug-likeness (QED) is 0.835. The number of hydrogen-bond donors (Lipinski definition) is 0. The van der Waals surface area contributed by atoms with Gasteiger partial charge in [0.1, 0.15) is 5.76 Å². The smallest absolute Gasteiger partial charge is 0.416 e. The SMILES string of the molecule is CC(=O)N1CCN(Cc2nc(-c3cccc(C(F)(F)F)c3)oc2C)CC1. The Morgan fingerprint density at radius 2 is 1.92 bits per heavy atom. The lowest BCUT2D eigenvalue weighted by atomic mass is 10.1. The fourth-order valence-electron chi connectivity index (χ4n) is 2.96. The van der Waals surface area contributed by atoms with Gasteiger partial charge in [0.25, 0.3) is 0 Å². The molecule has 0 atom stereocenters. The zero-order valence-corrected chi connectivity index (χ0v) is 14.6. The topological polar surface area (TPSA) is 49.6 Å². The maximum absolute atomic E-state index is 12.9. The standard InChI is InChI=1S/C18H20F3N3O2/c1-12-16(11-23-6-8-24(9-7-23)13(2)25)22-17(26-12)14-4-3-5-15(10-14)18(19,20)21/h3-5,10H,6-9,11H2,1-2H3. The first-order chi connectivity index (χ1) is 12.2. The van der Waals surface area contributed by atoms with E-state index >= 15 is 0 Å². The minimum Gasteiger partial charge on any atom is -0.441 e. The number of benzene rings is 1. The third-order valence-corrected chi connectivity index (χ3v) is 4.52. The Hall–Kier alpha value is -2.35. The number of carbonyl (C=O) groups excluding carboxylic acids is 1. The third-order valence-electron chi connectivity index (χ3n) is 4.52. The summed E-state index contributed by atoms with van der Waals surface area (Å²) in [6.07, 6.45) is -4.41. The molecule has 8 heteroatoms. The summed E-state index contributed by atoms with van der Waals surface area (Å²) in [5.41, 5.74) is 0.275. The van der Waals surface area contributed by atoms with E-state index in [2.05, 4.69) is 9.88 Å². The van der Waals surface area contributed by atoms with Crippen LogP contribution in [0, 0.1) is 6.92 Å². The van der Waals surface area contributed by atoms with Crippen molar-refractivity contribution in [1.29, 1.82) is 0 Å². The first-order valence-electron chi connectivity index (χ1n) is 8.36. The number of halogens is 3. The predicted molar refractivity (Wildman–Crippen MR) is 89.2 cm³/mol. The Labute approximate surface area is 149 Å². The van der Waals surface area contributed by atoms with Gasteiger partial charge >= 0.3 is 6.18 Å². The van der Waals surface area contributed by atoms with E-state index in [1.54, 1.807) is 24.8 Å². The Bertz CT molecular complexity index is 793. The second kappa shape index (κ2) is 7.11. The van der Waals surface area contributed by atoms with Gasteiger partial charge in [-0.3, -0.25) is 9.69 Å². The highest BCUT2D eigenvalue weighted by Crippen LogP contribution is 2.32. The summed E-state index contributed by atoms with van der Waals surface area (Å²) in [4.78, 5) is 19.7. The average Bonchev–Trinajstić information content (AvgIpc) is 2.95. The van der Waals surface area contributed by atoms with E-state index in [9.17, 15) is 18.0 Å². The molecule has 1 aromatic carbocycles. The minimum absolute atomic E-state index is 0.0640. The molecule has 0 N–H and O–H groups in total. The molecule has 0 spiro atoms. The number of alkyl halides is 3. The van der Waals surface area contributed by atoms with Crippen molar-refractivity contribution in [3.05, 3.63) is 41.3 Å². The summed E-state index contributed by atoms with van der Waals surface area (Å²) in [5, 5.41) is 0. The molecular weight excluding hydrogens is 347 g/mol. The second-order valence-electron chi connectivity index (χ2n) is 6.38. The van der Waals surface area contributed by atoms with Crippen LogP contribution in [0.5, 0.6) is 0 Å². The highest BCUT2D eigenvalue weighted by molar-refractivity contribution is 5.73. The van der Waals surface area contributed by atoms with Gasteiger partial charge in [0, 0.05) is 45.2 Å². The van der Waals surface area contributed by atoms with E-state index in [-0.39, 0.29) is 11.8 Å². The predicted octanol–water partition coefficient (Wildman–Crippen LogP) is 3.33. The van der Waals surface area contributed by atoms with Crippen LogP contribution in [0.15, 0.2) is 28.7 Å². The van der Waals surface area contributed by atoms with E-state index in [1.165, 1.54) is 6.07 Å². The van der Waals surface area contributed by atoms with E-state index in [0.717, 1.165) is 25.2 Å². The van der Waals surface area contributed by atoms with Crippen LogP contribution < -0.4 is 0 Å². The van der Waals surface area contributed by atoms with Crippen LogP contribution in [-0.2, 0) is 17.5 Å². The van der Waals surface area contributed by atoms with Gasteiger partial charge < -0.3 is 9.32 Å². The fraction of sp³-hybridized carbons (Fsp3) is 0.444. The molecular formula is C18H20F3N3O2. The lowest BCUT2D eigenvalue weighted by Crippen LogP contribution is -2.47. The van der Waals surface area contributed by atoms with E-state index in [1.807, 2.05) is 0 Å². The first-order valence-corrected chi connectivity index (χ1v) is 8.36. The molecule has 2 aromatic rings. The number of hydrogen-bond acceptors (Lipinski definition) is 4. The zero-order chi connectivity index (χ0) is 18.9. The Morgan fingerprint density at radius 3 is 2.54 bits per heavy atom. The molecule has 0 aliphatic carbocycles. The van der Waals surface area contributed by atoms with Gasteiger partial charge in [-0.05, 0) is 25.1 Å². The lowest BCUT2D eigenvalue weighted by molar-refractivity contribution is -0.137. The Kier molecular flexibility index (Phi) is 5.04. The summed E-state index contributed by atoms with van der Waals surface area (Å²) in [6.45, 7) is 6.62. The Balaban J connectivity index is 1.73. The van der Waals surface area contributed by atoms with Crippen LogP contribution in [-0.4, -0.2) is 46.9 Å². The summed E-state index contributed by atoms with van der Waals surface area (Å²) in [5.74, 6) is 0.839. The summed E-state index contributed by atoms with van der Waals surface area (Å²) < 4.78 is 44.2. The zero-order valence-electron chi connectivity index (χ0n) is 14.6. The number of rotatable bonds is 3. The molecule has 1 amide bonds. The van der Waals surface area contributed by atoms with Crippen LogP contribution in [0.3, 0.4) is 0 Å². The molecule has 1 aliphatic rings. The maximum atomic E-state index is 12.9. The number of oxazole rings is 1. The van der Waals surface area contributed by atoms with Crippen molar-refractivity contribution in [2.45, 2.75) is 26.6 Å². The summed E-state index contributed by atoms with van der Waals surface area (Å²) in [7, 11) is 0. The number of aryl methyl sites for hydroxylation is 1. The van der Waals surface area contributed by atoms with Crippen molar-refractivity contribution in [2.75, 3.05) is 26.2 Å². The largest absolute Gasteiger partial charge is 0.441 e. The summed E-state index contributed by atoms with van der Waals surface area (Å²) in [6, 6.07) is 4.96. The molecule has 26 heavy (non-hydrogen) atoms. The van der Waals surface area contributed by atoms with Gasteiger partial charge in [-0.25, -0.2) is 4.98 Å².